The molecule has 142 valence electrons. The van der Waals surface area contributed by atoms with Gasteiger partial charge in [0, 0.05) is 44.6 Å². The average molecular weight is 364 g/mol. The first-order chi connectivity index (χ1) is 13.2. The van der Waals surface area contributed by atoms with Gasteiger partial charge in [0.05, 0.1) is 11.6 Å². The Kier molecular flexibility index (Phi) is 4.27. The quantitative estimate of drug-likeness (QED) is 0.819. The fraction of sp³-hybridized carbons (Fsp3) is 0.545. The predicted molar refractivity (Wildman–Crippen MR) is 105 cm³/mol. The van der Waals surface area contributed by atoms with Gasteiger partial charge in [-0.25, -0.2) is 4.68 Å². The smallest absolute Gasteiger partial charge is 0.227 e. The molecule has 1 aromatic carbocycles. The van der Waals surface area contributed by atoms with Gasteiger partial charge in [-0.2, -0.15) is 5.10 Å². The van der Waals surface area contributed by atoms with Crippen molar-refractivity contribution in [2.24, 2.45) is 11.8 Å². The molecule has 0 radical (unpaired) electrons. The van der Waals surface area contributed by atoms with Crippen LogP contribution in [-0.2, 0) is 11.3 Å². The van der Waals surface area contributed by atoms with Crippen molar-refractivity contribution in [3.05, 3.63) is 47.8 Å². The lowest BCUT2D eigenvalue weighted by Crippen LogP contribution is -2.48. The summed E-state index contributed by atoms with van der Waals surface area (Å²) in [4.78, 5) is 17.7. The highest BCUT2D eigenvalue weighted by molar-refractivity contribution is 5.80. The third-order valence-electron chi connectivity index (χ3n) is 6.51. The highest BCUT2D eigenvalue weighted by Crippen LogP contribution is 2.36. The van der Waals surface area contributed by atoms with Gasteiger partial charge >= 0.3 is 0 Å². The van der Waals surface area contributed by atoms with Crippen LogP contribution >= 0.6 is 0 Å². The molecule has 1 aliphatic carbocycles. The molecule has 2 aromatic rings. The molecule has 4 heterocycles. The molecule has 27 heavy (non-hydrogen) atoms. The van der Waals surface area contributed by atoms with Crippen molar-refractivity contribution in [2.75, 3.05) is 19.6 Å². The summed E-state index contributed by atoms with van der Waals surface area (Å²) in [6.45, 7) is 6.06. The molecule has 2 atom stereocenters. The minimum atomic E-state index is 0.200. The number of rotatable bonds is 5. The first kappa shape index (κ1) is 17.0. The van der Waals surface area contributed by atoms with Crippen molar-refractivity contribution in [3.8, 4) is 5.69 Å². The van der Waals surface area contributed by atoms with Gasteiger partial charge in [0.15, 0.2) is 0 Å². The van der Waals surface area contributed by atoms with Gasteiger partial charge in [0.25, 0.3) is 0 Å². The number of fused-ring (bicyclic) bond motifs is 4. The Morgan fingerprint density at radius 2 is 2.04 bits per heavy atom. The van der Waals surface area contributed by atoms with Crippen LogP contribution in [-0.4, -0.2) is 51.2 Å². The van der Waals surface area contributed by atoms with Crippen LogP contribution in [0.25, 0.3) is 5.69 Å². The molecule has 1 saturated carbocycles. The number of benzene rings is 1. The van der Waals surface area contributed by atoms with E-state index >= 15 is 0 Å². The molecule has 5 heteroatoms. The molecule has 1 aromatic heterocycles. The van der Waals surface area contributed by atoms with Gasteiger partial charge in [-0.3, -0.25) is 9.69 Å². The number of aryl methyl sites for hydroxylation is 1. The van der Waals surface area contributed by atoms with Crippen LogP contribution in [0, 0.1) is 18.8 Å². The fourth-order valence-electron chi connectivity index (χ4n) is 4.74. The summed E-state index contributed by atoms with van der Waals surface area (Å²) in [6.07, 6.45) is 8.65. The normalized spacial score (nSPS) is 25.8. The van der Waals surface area contributed by atoms with Crippen molar-refractivity contribution in [2.45, 2.75) is 45.2 Å². The van der Waals surface area contributed by atoms with E-state index in [0.717, 1.165) is 44.2 Å². The highest BCUT2D eigenvalue weighted by Gasteiger charge is 2.42. The van der Waals surface area contributed by atoms with Crippen LogP contribution in [0.15, 0.2) is 36.7 Å². The van der Waals surface area contributed by atoms with E-state index < -0.39 is 0 Å². The molecule has 4 aliphatic rings. The fourth-order valence-corrected chi connectivity index (χ4v) is 4.74. The Balaban J connectivity index is 1.32. The molecule has 4 fully saturated rings. The predicted octanol–water partition coefficient (Wildman–Crippen LogP) is 3.01. The van der Waals surface area contributed by atoms with Gasteiger partial charge in [0.2, 0.25) is 5.91 Å². The van der Waals surface area contributed by atoms with Crippen LogP contribution in [0.1, 0.15) is 36.8 Å². The SMILES string of the molecule is Cc1cc(-n2cccn2)ccc1CN1C[C@@H]2CC[C@H](C1)N(CC1CC1)C2=O. The van der Waals surface area contributed by atoms with E-state index in [1.165, 1.54) is 30.4 Å². The van der Waals surface area contributed by atoms with Crippen LogP contribution in [0.5, 0.6) is 0 Å². The Bertz CT molecular complexity index is 827. The van der Waals surface area contributed by atoms with Crippen LogP contribution in [0.3, 0.4) is 0 Å². The second kappa shape index (κ2) is 6.79. The number of aromatic nitrogens is 2. The first-order valence-electron chi connectivity index (χ1n) is 10.3. The number of hydrogen-bond acceptors (Lipinski definition) is 3. The Morgan fingerprint density at radius 1 is 1.15 bits per heavy atom. The zero-order chi connectivity index (χ0) is 18.4. The third-order valence-corrected chi connectivity index (χ3v) is 6.51. The summed E-state index contributed by atoms with van der Waals surface area (Å²) >= 11 is 0. The van der Waals surface area contributed by atoms with Crippen molar-refractivity contribution in [1.82, 2.24) is 19.6 Å². The summed E-state index contributed by atoms with van der Waals surface area (Å²) in [5.41, 5.74) is 3.75. The molecule has 3 saturated heterocycles. The molecule has 2 bridgehead atoms. The van der Waals surface area contributed by atoms with Crippen molar-refractivity contribution >= 4 is 5.91 Å². The zero-order valence-corrected chi connectivity index (χ0v) is 16.1. The van der Waals surface area contributed by atoms with Crippen LogP contribution < -0.4 is 0 Å². The average Bonchev–Trinajstić information content (AvgIpc) is 3.38. The van der Waals surface area contributed by atoms with Gasteiger partial charge in [-0.05, 0) is 67.9 Å². The minimum Gasteiger partial charge on any atom is -0.338 e. The molecule has 3 aliphatic heterocycles. The molecular weight excluding hydrogens is 336 g/mol. The lowest BCUT2D eigenvalue weighted by molar-refractivity contribution is -0.140. The second-order valence-corrected chi connectivity index (χ2v) is 8.62. The van der Waals surface area contributed by atoms with E-state index in [1.54, 1.807) is 6.20 Å². The monoisotopic (exact) mass is 364 g/mol. The number of carbonyl (C=O) groups excluding carboxylic acids is 1. The summed E-state index contributed by atoms with van der Waals surface area (Å²) in [7, 11) is 0. The number of carbonyl (C=O) groups is 1. The van der Waals surface area contributed by atoms with Gasteiger partial charge in [0.1, 0.15) is 0 Å². The van der Waals surface area contributed by atoms with E-state index in [1.807, 2.05) is 16.9 Å². The standard InChI is InChI=1S/C22H28N4O/c1-16-11-20(26-10-2-9-23-26)7-5-18(16)13-24-14-19-6-8-21(15-24)25(22(19)27)12-17-3-4-17/h2,5,7,9-11,17,19,21H,3-4,6,8,12-15H2,1H3/t19-,21+/m0/s1. The summed E-state index contributed by atoms with van der Waals surface area (Å²) in [5.74, 6) is 1.40. The Morgan fingerprint density at radius 3 is 2.78 bits per heavy atom. The lowest BCUT2D eigenvalue weighted by Gasteiger charge is -2.36. The Hall–Kier alpha value is -2.14. The molecular formula is C22H28N4O. The molecule has 6 rings (SSSR count). The van der Waals surface area contributed by atoms with Gasteiger partial charge in [-0.1, -0.05) is 6.07 Å². The molecule has 0 spiro atoms. The summed E-state index contributed by atoms with van der Waals surface area (Å²) < 4.78 is 1.90. The maximum atomic E-state index is 12.9. The number of nitrogens with zero attached hydrogens (tertiary/aromatic N) is 4. The van der Waals surface area contributed by atoms with Crippen LogP contribution in [0.2, 0.25) is 0 Å². The van der Waals surface area contributed by atoms with Crippen molar-refractivity contribution in [3.63, 3.8) is 0 Å². The van der Waals surface area contributed by atoms with Crippen molar-refractivity contribution in [1.29, 1.82) is 0 Å². The highest BCUT2D eigenvalue weighted by atomic mass is 16.2. The summed E-state index contributed by atoms with van der Waals surface area (Å²) in [5, 5.41) is 4.32. The lowest BCUT2D eigenvalue weighted by atomic mass is 9.94. The molecule has 5 nitrogen and oxygen atoms in total. The maximum absolute atomic E-state index is 12.9. The number of piperidine rings is 1. The molecule has 1 amide bonds. The largest absolute Gasteiger partial charge is 0.338 e. The third kappa shape index (κ3) is 3.41. The van der Waals surface area contributed by atoms with E-state index in [9.17, 15) is 4.79 Å². The number of amides is 1. The zero-order valence-electron chi connectivity index (χ0n) is 16.1. The van der Waals surface area contributed by atoms with Crippen LogP contribution in [0.4, 0.5) is 0 Å². The minimum absolute atomic E-state index is 0.200. The van der Waals surface area contributed by atoms with E-state index in [2.05, 4.69) is 40.0 Å². The van der Waals surface area contributed by atoms with E-state index in [4.69, 9.17) is 0 Å². The molecule has 0 unspecified atom stereocenters. The van der Waals surface area contributed by atoms with E-state index in [-0.39, 0.29) is 5.92 Å². The van der Waals surface area contributed by atoms with Gasteiger partial charge in [-0.15, -0.1) is 0 Å². The van der Waals surface area contributed by atoms with Gasteiger partial charge < -0.3 is 4.90 Å². The topological polar surface area (TPSA) is 41.4 Å². The maximum Gasteiger partial charge on any atom is 0.227 e. The first-order valence-corrected chi connectivity index (χ1v) is 10.3. The Labute approximate surface area is 161 Å². The van der Waals surface area contributed by atoms with E-state index in [0.29, 0.717) is 11.9 Å². The number of hydrogen-bond donors (Lipinski definition) is 0. The van der Waals surface area contributed by atoms with Crippen molar-refractivity contribution < 1.29 is 4.79 Å². The molecule has 0 N–H and O–H groups in total. The summed E-state index contributed by atoms with van der Waals surface area (Å²) in [6, 6.07) is 8.94. The second-order valence-electron chi connectivity index (χ2n) is 8.62.